The number of H-pyrrole nitrogens is 1. The second-order valence-corrected chi connectivity index (χ2v) is 3.55. The molecule has 17 heavy (non-hydrogen) atoms. The fourth-order valence-corrected chi connectivity index (χ4v) is 1.42. The first-order valence-corrected chi connectivity index (χ1v) is 5.00. The average molecular weight is 229 g/mol. The molecular formula is C10H11N7. The number of nitrogens with zero attached hydrogens (tertiary/aromatic N) is 4. The van der Waals surface area contributed by atoms with E-state index in [9.17, 15) is 0 Å². The molecule has 0 bridgehead atoms. The smallest absolute Gasteiger partial charge is 0.196 e. The molecular weight excluding hydrogens is 218 g/mol. The van der Waals surface area contributed by atoms with Crippen molar-refractivity contribution in [2.24, 2.45) is 0 Å². The second kappa shape index (κ2) is 4.49. The Hall–Kier alpha value is -2.62. The van der Waals surface area contributed by atoms with E-state index >= 15 is 0 Å². The van der Waals surface area contributed by atoms with Crippen LogP contribution in [-0.4, -0.2) is 20.6 Å². The van der Waals surface area contributed by atoms with Gasteiger partial charge in [0, 0.05) is 5.69 Å². The number of aromatic amines is 1. The number of tetrazole rings is 1. The lowest BCUT2D eigenvalue weighted by atomic mass is 10.1. The van der Waals surface area contributed by atoms with Gasteiger partial charge in [-0.2, -0.15) is 10.5 Å². The number of hydrogen-bond donors (Lipinski definition) is 3. The van der Waals surface area contributed by atoms with Crippen LogP contribution in [0.25, 0.3) is 0 Å². The number of nitrogens with one attached hydrogen (secondary N) is 2. The van der Waals surface area contributed by atoms with Gasteiger partial charge in [0.05, 0.1) is 17.3 Å². The minimum atomic E-state index is -0.0962. The first-order valence-electron chi connectivity index (χ1n) is 5.00. The molecule has 0 fully saturated rings. The predicted octanol–water partition coefficient (Wildman–Crippen LogP) is 0.827. The molecule has 7 heteroatoms. The number of nitrogens with two attached hydrogens (primary N) is 1. The van der Waals surface area contributed by atoms with Crippen molar-refractivity contribution < 1.29 is 0 Å². The molecule has 1 aromatic carbocycles. The number of nitriles is 1. The molecule has 0 radical (unpaired) electrons. The first kappa shape index (κ1) is 10.9. The first-order chi connectivity index (χ1) is 8.20. The quantitative estimate of drug-likeness (QED) is 0.671. The Morgan fingerprint density at radius 1 is 1.53 bits per heavy atom. The summed E-state index contributed by atoms with van der Waals surface area (Å²) in [5, 5.41) is 25.5. The van der Waals surface area contributed by atoms with Crippen molar-refractivity contribution in [3.8, 4) is 6.07 Å². The van der Waals surface area contributed by atoms with Gasteiger partial charge in [-0.15, -0.1) is 10.2 Å². The Bertz CT molecular complexity index is 540. The monoisotopic (exact) mass is 229 g/mol. The Labute approximate surface area is 97.6 Å². The third-order valence-corrected chi connectivity index (χ3v) is 2.30. The molecule has 0 amide bonds. The molecule has 1 unspecified atom stereocenters. The van der Waals surface area contributed by atoms with Gasteiger partial charge in [-0.3, -0.25) is 0 Å². The molecule has 4 N–H and O–H groups in total. The fourth-order valence-electron chi connectivity index (χ4n) is 1.42. The molecule has 1 atom stereocenters. The number of hydrogen-bond acceptors (Lipinski definition) is 6. The Kier molecular flexibility index (Phi) is 2.87. The minimum Gasteiger partial charge on any atom is -0.398 e. The van der Waals surface area contributed by atoms with E-state index in [1.165, 1.54) is 0 Å². The molecule has 0 aliphatic heterocycles. The zero-order chi connectivity index (χ0) is 12.3. The van der Waals surface area contributed by atoms with Gasteiger partial charge in [0.2, 0.25) is 0 Å². The summed E-state index contributed by atoms with van der Waals surface area (Å²) in [6.45, 7) is 1.90. The summed E-state index contributed by atoms with van der Waals surface area (Å²) in [4.78, 5) is 0. The van der Waals surface area contributed by atoms with Crippen LogP contribution in [0.15, 0.2) is 18.2 Å². The zero-order valence-corrected chi connectivity index (χ0v) is 9.18. The summed E-state index contributed by atoms with van der Waals surface area (Å²) in [7, 11) is 0. The summed E-state index contributed by atoms with van der Waals surface area (Å²) < 4.78 is 0. The molecule has 0 aliphatic rings. The summed E-state index contributed by atoms with van der Waals surface area (Å²) in [5.74, 6) is 0.563. The van der Waals surface area contributed by atoms with Gasteiger partial charge in [-0.25, -0.2) is 0 Å². The maximum Gasteiger partial charge on any atom is 0.196 e. The van der Waals surface area contributed by atoms with Crippen molar-refractivity contribution in [3.05, 3.63) is 29.6 Å². The summed E-state index contributed by atoms with van der Waals surface area (Å²) in [6.07, 6.45) is 0. The van der Waals surface area contributed by atoms with Crippen molar-refractivity contribution in [2.75, 3.05) is 11.1 Å². The van der Waals surface area contributed by atoms with Crippen LogP contribution in [0, 0.1) is 11.3 Å². The van der Waals surface area contributed by atoms with Crippen LogP contribution in [0.4, 0.5) is 11.4 Å². The van der Waals surface area contributed by atoms with Gasteiger partial charge in [0.15, 0.2) is 5.82 Å². The summed E-state index contributed by atoms with van der Waals surface area (Å²) in [5.41, 5.74) is 7.42. The molecule has 7 nitrogen and oxygen atoms in total. The molecule has 2 aromatic rings. The highest BCUT2D eigenvalue weighted by atomic mass is 15.5. The van der Waals surface area contributed by atoms with E-state index in [2.05, 4.69) is 25.9 Å². The molecule has 0 spiro atoms. The fraction of sp³-hybridized carbons (Fsp3) is 0.200. The molecule has 1 aromatic heterocycles. The van der Waals surface area contributed by atoms with E-state index in [-0.39, 0.29) is 6.04 Å². The van der Waals surface area contributed by atoms with Crippen molar-refractivity contribution in [2.45, 2.75) is 13.0 Å². The van der Waals surface area contributed by atoms with E-state index in [0.717, 1.165) is 5.69 Å². The van der Waals surface area contributed by atoms with Gasteiger partial charge in [-0.1, -0.05) is 5.21 Å². The molecule has 1 heterocycles. The van der Waals surface area contributed by atoms with Gasteiger partial charge in [-0.05, 0) is 25.1 Å². The lowest BCUT2D eigenvalue weighted by molar-refractivity contribution is 0.793. The number of nitrogen functional groups attached to an aromatic ring is 1. The molecule has 0 aliphatic carbocycles. The van der Waals surface area contributed by atoms with E-state index in [1.54, 1.807) is 18.2 Å². The normalized spacial score (nSPS) is 11.8. The van der Waals surface area contributed by atoms with E-state index < -0.39 is 0 Å². The van der Waals surface area contributed by atoms with E-state index in [0.29, 0.717) is 17.1 Å². The number of anilines is 2. The third-order valence-electron chi connectivity index (χ3n) is 2.30. The van der Waals surface area contributed by atoms with Crippen LogP contribution in [0.2, 0.25) is 0 Å². The summed E-state index contributed by atoms with van der Waals surface area (Å²) in [6, 6.07) is 7.07. The van der Waals surface area contributed by atoms with Crippen LogP contribution in [-0.2, 0) is 0 Å². The number of rotatable bonds is 3. The zero-order valence-electron chi connectivity index (χ0n) is 9.18. The van der Waals surface area contributed by atoms with Crippen molar-refractivity contribution in [1.82, 2.24) is 20.6 Å². The van der Waals surface area contributed by atoms with Crippen LogP contribution in [0.5, 0.6) is 0 Å². The standard InChI is InChI=1S/C10H11N7/c1-6(10-14-16-17-15-10)13-8-3-2-7(5-11)9(12)4-8/h2-4,6,13H,12H2,1H3,(H,14,15,16,17). The van der Waals surface area contributed by atoms with Crippen LogP contribution in [0.3, 0.4) is 0 Å². The molecule has 0 saturated heterocycles. The maximum absolute atomic E-state index is 8.76. The van der Waals surface area contributed by atoms with Crippen LogP contribution in [0.1, 0.15) is 24.4 Å². The average Bonchev–Trinajstić information content (AvgIpc) is 2.82. The van der Waals surface area contributed by atoms with Crippen LogP contribution >= 0.6 is 0 Å². The Morgan fingerprint density at radius 2 is 2.35 bits per heavy atom. The van der Waals surface area contributed by atoms with Gasteiger partial charge in [0.25, 0.3) is 0 Å². The van der Waals surface area contributed by atoms with E-state index in [4.69, 9.17) is 11.0 Å². The predicted molar refractivity (Wildman–Crippen MR) is 61.8 cm³/mol. The number of aromatic nitrogens is 4. The lowest BCUT2D eigenvalue weighted by Gasteiger charge is -2.12. The van der Waals surface area contributed by atoms with Gasteiger partial charge in [0.1, 0.15) is 6.07 Å². The molecule has 2 rings (SSSR count). The highest BCUT2D eigenvalue weighted by Gasteiger charge is 2.10. The summed E-state index contributed by atoms with van der Waals surface area (Å²) >= 11 is 0. The largest absolute Gasteiger partial charge is 0.398 e. The molecule has 0 saturated carbocycles. The number of benzene rings is 1. The van der Waals surface area contributed by atoms with E-state index in [1.807, 2.05) is 13.0 Å². The van der Waals surface area contributed by atoms with Crippen molar-refractivity contribution in [3.63, 3.8) is 0 Å². The molecule has 86 valence electrons. The topological polar surface area (TPSA) is 116 Å². The Morgan fingerprint density at radius 3 is 2.94 bits per heavy atom. The highest BCUT2D eigenvalue weighted by molar-refractivity contribution is 5.62. The highest BCUT2D eigenvalue weighted by Crippen LogP contribution is 2.20. The van der Waals surface area contributed by atoms with Crippen molar-refractivity contribution >= 4 is 11.4 Å². The Balaban J connectivity index is 2.15. The maximum atomic E-state index is 8.76. The van der Waals surface area contributed by atoms with Gasteiger partial charge < -0.3 is 11.1 Å². The lowest BCUT2D eigenvalue weighted by Crippen LogP contribution is -2.09. The van der Waals surface area contributed by atoms with Crippen molar-refractivity contribution in [1.29, 1.82) is 5.26 Å². The third kappa shape index (κ3) is 2.31. The van der Waals surface area contributed by atoms with Gasteiger partial charge >= 0.3 is 0 Å². The second-order valence-electron chi connectivity index (χ2n) is 3.55. The SMILES string of the molecule is CC(Nc1ccc(C#N)c(N)c1)c1nn[nH]n1. The minimum absolute atomic E-state index is 0.0962. The van der Waals surface area contributed by atoms with Crippen LogP contribution < -0.4 is 11.1 Å².